The fraction of sp³-hybridized carbons (Fsp3) is 0.421. The molecule has 0 unspecified atom stereocenters. The molecule has 3 nitrogen and oxygen atoms in total. The molecule has 2 rings (SSSR count). The van der Waals surface area contributed by atoms with Gasteiger partial charge >= 0.3 is 0 Å². The lowest BCUT2D eigenvalue weighted by atomic mass is 9.93. The number of allylic oxidation sites excluding steroid dienone is 3. The van der Waals surface area contributed by atoms with Gasteiger partial charge in [-0.15, -0.1) is 0 Å². The van der Waals surface area contributed by atoms with Crippen LogP contribution in [0.3, 0.4) is 0 Å². The molecule has 0 radical (unpaired) electrons. The third kappa shape index (κ3) is 3.79. The summed E-state index contributed by atoms with van der Waals surface area (Å²) in [4.78, 5) is 2.21. The molecule has 0 amide bonds. The molecule has 0 bridgehead atoms. The SMILES string of the molecule is CCN(CC)N=C1CC=CCC1=C(c1ccccc1)N(C)C. The van der Waals surface area contributed by atoms with Gasteiger partial charge in [-0.25, -0.2) is 0 Å². The maximum Gasteiger partial charge on any atom is 0.0698 e. The van der Waals surface area contributed by atoms with E-state index in [2.05, 4.69) is 80.3 Å². The first-order valence-corrected chi connectivity index (χ1v) is 8.11. The third-order valence-electron chi connectivity index (χ3n) is 3.92. The van der Waals surface area contributed by atoms with Crippen LogP contribution in [0.25, 0.3) is 5.70 Å². The van der Waals surface area contributed by atoms with Gasteiger partial charge in [-0.3, -0.25) is 5.01 Å². The van der Waals surface area contributed by atoms with Crippen molar-refractivity contribution in [2.75, 3.05) is 27.2 Å². The number of benzene rings is 1. The van der Waals surface area contributed by atoms with Crippen LogP contribution < -0.4 is 0 Å². The number of rotatable bonds is 5. The van der Waals surface area contributed by atoms with E-state index in [-0.39, 0.29) is 0 Å². The summed E-state index contributed by atoms with van der Waals surface area (Å²) in [6.45, 7) is 6.19. The summed E-state index contributed by atoms with van der Waals surface area (Å²) >= 11 is 0. The van der Waals surface area contributed by atoms with Crippen LogP contribution >= 0.6 is 0 Å². The Morgan fingerprint density at radius 2 is 1.64 bits per heavy atom. The van der Waals surface area contributed by atoms with Crippen molar-refractivity contribution in [2.45, 2.75) is 26.7 Å². The summed E-state index contributed by atoms with van der Waals surface area (Å²) in [5, 5.41) is 7.03. The Balaban J connectivity index is 2.53. The van der Waals surface area contributed by atoms with Gasteiger partial charge in [0.15, 0.2) is 0 Å². The Kier molecular flexibility index (Phi) is 5.82. The maximum atomic E-state index is 4.90. The molecule has 3 heteroatoms. The Morgan fingerprint density at radius 3 is 2.23 bits per heavy atom. The summed E-state index contributed by atoms with van der Waals surface area (Å²) in [5.74, 6) is 0. The van der Waals surface area contributed by atoms with Crippen LogP contribution in [0.1, 0.15) is 32.3 Å². The molecule has 0 aromatic heterocycles. The Labute approximate surface area is 134 Å². The molecule has 118 valence electrons. The van der Waals surface area contributed by atoms with Crippen molar-refractivity contribution in [3.8, 4) is 0 Å². The molecular weight excluding hydrogens is 270 g/mol. The molecule has 0 heterocycles. The number of nitrogens with zero attached hydrogens (tertiary/aromatic N) is 3. The van der Waals surface area contributed by atoms with Crippen LogP contribution in [0.15, 0.2) is 53.2 Å². The standard InChI is InChI=1S/C19H27N3/c1-5-22(6-2)20-18-15-11-10-14-17(18)19(21(3)4)16-12-8-7-9-13-16/h7-13H,5-6,14-15H2,1-4H3. The van der Waals surface area contributed by atoms with Crippen LogP contribution in [-0.2, 0) is 0 Å². The molecule has 0 aliphatic heterocycles. The van der Waals surface area contributed by atoms with Crippen molar-refractivity contribution in [3.63, 3.8) is 0 Å². The normalized spacial score (nSPS) is 18.5. The van der Waals surface area contributed by atoms with Gasteiger partial charge in [-0.05, 0) is 25.8 Å². The number of hydrogen-bond acceptors (Lipinski definition) is 3. The van der Waals surface area contributed by atoms with Crippen LogP contribution in [0, 0.1) is 0 Å². The highest BCUT2D eigenvalue weighted by Gasteiger charge is 2.18. The van der Waals surface area contributed by atoms with E-state index >= 15 is 0 Å². The van der Waals surface area contributed by atoms with E-state index in [1.807, 2.05) is 0 Å². The molecule has 0 atom stereocenters. The summed E-state index contributed by atoms with van der Waals surface area (Å²) in [6, 6.07) is 10.6. The molecule has 1 aliphatic carbocycles. The van der Waals surface area contributed by atoms with Crippen molar-refractivity contribution in [2.24, 2.45) is 5.10 Å². The van der Waals surface area contributed by atoms with Gasteiger partial charge in [0.05, 0.1) is 5.71 Å². The fourth-order valence-corrected chi connectivity index (χ4v) is 2.81. The Morgan fingerprint density at radius 1 is 1.00 bits per heavy atom. The van der Waals surface area contributed by atoms with E-state index in [1.54, 1.807) is 0 Å². The van der Waals surface area contributed by atoms with Gasteiger partial charge in [0, 0.05) is 44.9 Å². The highest BCUT2D eigenvalue weighted by atomic mass is 15.4. The zero-order valence-electron chi connectivity index (χ0n) is 14.2. The Bertz CT molecular complexity index is 564. The Hall–Kier alpha value is -2.03. The lowest BCUT2D eigenvalue weighted by Gasteiger charge is -2.26. The second kappa shape index (κ2) is 7.83. The summed E-state index contributed by atoms with van der Waals surface area (Å²) in [7, 11) is 4.23. The van der Waals surface area contributed by atoms with Gasteiger partial charge in [-0.2, -0.15) is 5.10 Å². The van der Waals surface area contributed by atoms with Crippen LogP contribution in [-0.4, -0.2) is 42.8 Å². The predicted molar refractivity (Wildman–Crippen MR) is 95.8 cm³/mol. The van der Waals surface area contributed by atoms with E-state index in [0.717, 1.165) is 25.9 Å². The average Bonchev–Trinajstić information content (AvgIpc) is 2.55. The molecule has 0 saturated carbocycles. The molecular formula is C19H27N3. The molecule has 0 fully saturated rings. The topological polar surface area (TPSA) is 18.8 Å². The summed E-state index contributed by atoms with van der Waals surface area (Å²) in [6.07, 6.45) is 6.34. The highest BCUT2D eigenvalue weighted by molar-refractivity contribution is 6.07. The lowest BCUT2D eigenvalue weighted by Crippen LogP contribution is -2.23. The largest absolute Gasteiger partial charge is 0.377 e. The van der Waals surface area contributed by atoms with Crippen molar-refractivity contribution in [1.29, 1.82) is 0 Å². The first kappa shape index (κ1) is 16.3. The van der Waals surface area contributed by atoms with Crippen LogP contribution in [0.4, 0.5) is 0 Å². The minimum atomic E-state index is 0.913. The van der Waals surface area contributed by atoms with E-state index in [9.17, 15) is 0 Å². The first-order valence-electron chi connectivity index (χ1n) is 8.11. The molecule has 1 aromatic rings. The predicted octanol–water partition coefficient (Wildman–Crippen LogP) is 4.01. The lowest BCUT2D eigenvalue weighted by molar-refractivity contribution is 0.321. The van der Waals surface area contributed by atoms with Crippen molar-refractivity contribution in [1.82, 2.24) is 9.91 Å². The monoisotopic (exact) mass is 297 g/mol. The van der Waals surface area contributed by atoms with Gasteiger partial charge in [0.2, 0.25) is 0 Å². The molecule has 1 aromatic carbocycles. The molecule has 22 heavy (non-hydrogen) atoms. The van der Waals surface area contributed by atoms with E-state index < -0.39 is 0 Å². The van der Waals surface area contributed by atoms with E-state index in [0.29, 0.717) is 0 Å². The maximum absolute atomic E-state index is 4.90. The number of hydrogen-bond donors (Lipinski definition) is 0. The quantitative estimate of drug-likeness (QED) is 0.604. The minimum Gasteiger partial charge on any atom is -0.377 e. The minimum absolute atomic E-state index is 0.913. The van der Waals surface area contributed by atoms with Crippen molar-refractivity contribution < 1.29 is 0 Å². The third-order valence-corrected chi connectivity index (χ3v) is 3.92. The molecule has 0 spiro atoms. The summed E-state index contributed by atoms with van der Waals surface area (Å²) in [5.41, 5.74) is 5.06. The van der Waals surface area contributed by atoms with Gasteiger partial charge in [0.1, 0.15) is 0 Å². The first-order chi connectivity index (χ1) is 10.7. The van der Waals surface area contributed by atoms with Crippen LogP contribution in [0.2, 0.25) is 0 Å². The van der Waals surface area contributed by atoms with Crippen LogP contribution in [0.5, 0.6) is 0 Å². The van der Waals surface area contributed by atoms with Gasteiger partial charge in [0.25, 0.3) is 0 Å². The second-order valence-electron chi connectivity index (χ2n) is 5.65. The smallest absolute Gasteiger partial charge is 0.0698 e. The van der Waals surface area contributed by atoms with Gasteiger partial charge in [-0.1, -0.05) is 42.5 Å². The average molecular weight is 297 g/mol. The molecule has 0 N–H and O–H groups in total. The highest BCUT2D eigenvalue weighted by Crippen LogP contribution is 2.28. The zero-order chi connectivity index (χ0) is 15.9. The van der Waals surface area contributed by atoms with E-state index in [4.69, 9.17) is 5.10 Å². The zero-order valence-corrected chi connectivity index (χ0v) is 14.2. The van der Waals surface area contributed by atoms with Crippen molar-refractivity contribution in [3.05, 3.63) is 53.6 Å². The second-order valence-corrected chi connectivity index (χ2v) is 5.65. The fourth-order valence-electron chi connectivity index (χ4n) is 2.81. The van der Waals surface area contributed by atoms with Gasteiger partial charge < -0.3 is 4.90 Å². The van der Waals surface area contributed by atoms with Crippen molar-refractivity contribution >= 4 is 11.4 Å². The molecule has 0 saturated heterocycles. The summed E-state index contributed by atoms with van der Waals surface area (Å²) < 4.78 is 0. The number of hydrazone groups is 1. The van der Waals surface area contributed by atoms with E-state index in [1.165, 1.54) is 22.5 Å². The molecule has 1 aliphatic rings.